The van der Waals surface area contributed by atoms with E-state index in [-0.39, 0.29) is 18.0 Å². The lowest BCUT2D eigenvalue weighted by Gasteiger charge is -2.25. The monoisotopic (exact) mass is 294 g/mol. The predicted octanol–water partition coefficient (Wildman–Crippen LogP) is 2.04. The zero-order chi connectivity index (χ0) is 15.9. The van der Waals surface area contributed by atoms with E-state index in [1.807, 2.05) is 45.0 Å². The van der Waals surface area contributed by atoms with Gasteiger partial charge >= 0.3 is 6.03 Å². The first-order valence-corrected chi connectivity index (χ1v) is 7.10. The van der Waals surface area contributed by atoms with Crippen molar-refractivity contribution in [2.45, 2.75) is 40.0 Å². The molecule has 0 aliphatic rings. The number of aliphatic hydroxyl groups is 1. The van der Waals surface area contributed by atoms with Crippen molar-refractivity contribution in [3.63, 3.8) is 0 Å². The van der Waals surface area contributed by atoms with Crippen molar-refractivity contribution in [2.75, 3.05) is 13.7 Å². The van der Waals surface area contributed by atoms with Crippen molar-refractivity contribution < 1.29 is 14.6 Å². The Morgan fingerprint density at radius 2 is 1.86 bits per heavy atom. The Bertz CT molecular complexity index is 455. The first-order chi connectivity index (χ1) is 9.84. The van der Waals surface area contributed by atoms with Crippen LogP contribution in [-0.2, 0) is 17.9 Å². The number of nitrogens with one attached hydrogen (secondary N) is 2. The molecule has 0 bridgehead atoms. The van der Waals surface area contributed by atoms with E-state index in [0.717, 1.165) is 11.1 Å². The van der Waals surface area contributed by atoms with Gasteiger partial charge in [-0.1, -0.05) is 45.0 Å². The van der Waals surface area contributed by atoms with Gasteiger partial charge in [-0.25, -0.2) is 4.79 Å². The van der Waals surface area contributed by atoms with Crippen LogP contribution >= 0.6 is 0 Å². The van der Waals surface area contributed by atoms with Gasteiger partial charge in [0.2, 0.25) is 0 Å². The van der Waals surface area contributed by atoms with Gasteiger partial charge in [0.25, 0.3) is 0 Å². The molecule has 0 heterocycles. The lowest BCUT2D eigenvalue weighted by molar-refractivity contribution is 0.0650. The summed E-state index contributed by atoms with van der Waals surface area (Å²) in [6, 6.07) is 7.51. The molecule has 0 saturated heterocycles. The molecule has 21 heavy (non-hydrogen) atoms. The second kappa shape index (κ2) is 8.00. The minimum atomic E-state index is -0.580. The largest absolute Gasteiger partial charge is 0.391 e. The molecular weight excluding hydrogens is 268 g/mol. The van der Waals surface area contributed by atoms with Crippen LogP contribution in [0.1, 0.15) is 31.9 Å². The minimum absolute atomic E-state index is 0.231. The number of rotatable bonds is 6. The van der Waals surface area contributed by atoms with Gasteiger partial charge in [-0.05, 0) is 16.5 Å². The number of ether oxygens (including phenoxy) is 1. The van der Waals surface area contributed by atoms with Gasteiger partial charge in [-0.3, -0.25) is 0 Å². The first-order valence-electron chi connectivity index (χ1n) is 7.10. The van der Waals surface area contributed by atoms with Crippen molar-refractivity contribution >= 4 is 6.03 Å². The molecule has 0 aliphatic carbocycles. The average molecular weight is 294 g/mol. The molecule has 0 aromatic heterocycles. The molecule has 1 atom stereocenters. The summed E-state index contributed by atoms with van der Waals surface area (Å²) >= 11 is 0. The highest BCUT2D eigenvalue weighted by atomic mass is 16.5. The van der Waals surface area contributed by atoms with Crippen LogP contribution in [0.15, 0.2) is 24.3 Å². The van der Waals surface area contributed by atoms with Crippen molar-refractivity contribution in [1.82, 2.24) is 10.6 Å². The number of carbonyl (C=O) groups excluding carboxylic acids is 1. The molecule has 2 amide bonds. The second-order valence-electron chi connectivity index (χ2n) is 6.15. The van der Waals surface area contributed by atoms with Crippen LogP contribution in [0.4, 0.5) is 4.79 Å². The molecule has 1 aromatic rings. The van der Waals surface area contributed by atoms with E-state index in [2.05, 4.69) is 10.6 Å². The van der Waals surface area contributed by atoms with Crippen LogP contribution in [0.25, 0.3) is 0 Å². The van der Waals surface area contributed by atoms with Gasteiger partial charge in [0.1, 0.15) is 0 Å². The van der Waals surface area contributed by atoms with E-state index in [4.69, 9.17) is 4.74 Å². The molecular formula is C16H26N2O3. The van der Waals surface area contributed by atoms with E-state index in [1.54, 1.807) is 7.11 Å². The third-order valence-electron chi connectivity index (χ3n) is 3.31. The van der Waals surface area contributed by atoms with Crippen molar-refractivity contribution in [3.8, 4) is 0 Å². The van der Waals surface area contributed by atoms with Crippen LogP contribution in [0, 0.1) is 5.41 Å². The third kappa shape index (κ3) is 6.14. The summed E-state index contributed by atoms with van der Waals surface area (Å²) in [6.07, 6.45) is -0.580. The summed E-state index contributed by atoms with van der Waals surface area (Å²) in [4.78, 5) is 11.8. The van der Waals surface area contributed by atoms with E-state index in [0.29, 0.717) is 13.2 Å². The van der Waals surface area contributed by atoms with Gasteiger partial charge in [0.15, 0.2) is 0 Å². The number of urea groups is 1. The van der Waals surface area contributed by atoms with Crippen LogP contribution in [0.2, 0.25) is 0 Å². The molecule has 5 nitrogen and oxygen atoms in total. The number of aliphatic hydroxyl groups excluding tert-OH is 1. The van der Waals surface area contributed by atoms with Gasteiger partial charge in [0.05, 0.1) is 12.7 Å². The second-order valence-corrected chi connectivity index (χ2v) is 6.15. The lowest BCUT2D eigenvalue weighted by Crippen LogP contribution is -2.43. The standard InChI is InChI=1S/C16H26N2O3/c1-16(2,3)14(19)10-18-15(20)17-9-12-7-5-6-8-13(12)11-21-4/h5-8,14,19H,9-11H2,1-4H3,(H2,17,18,20). The lowest BCUT2D eigenvalue weighted by atomic mass is 9.89. The predicted molar refractivity (Wildman–Crippen MR) is 82.9 cm³/mol. The zero-order valence-corrected chi connectivity index (χ0v) is 13.3. The maximum absolute atomic E-state index is 11.8. The minimum Gasteiger partial charge on any atom is -0.391 e. The molecule has 0 radical (unpaired) electrons. The fourth-order valence-corrected chi connectivity index (χ4v) is 1.76. The first kappa shape index (κ1) is 17.5. The Labute approximate surface area is 126 Å². The molecule has 118 valence electrons. The summed E-state index contributed by atoms with van der Waals surface area (Å²) in [7, 11) is 1.64. The fourth-order valence-electron chi connectivity index (χ4n) is 1.76. The smallest absolute Gasteiger partial charge is 0.315 e. The Balaban J connectivity index is 2.43. The highest BCUT2D eigenvalue weighted by Crippen LogP contribution is 2.18. The number of carbonyl (C=O) groups is 1. The van der Waals surface area contributed by atoms with Crippen molar-refractivity contribution in [2.24, 2.45) is 5.41 Å². The molecule has 3 N–H and O–H groups in total. The molecule has 0 spiro atoms. The van der Waals surface area contributed by atoms with Crippen molar-refractivity contribution in [3.05, 3.63) is 35.4 Å². The van der Waals surface area contributed by atoms with Crippen LogP contribution in [0.3, 0.4) is 0 Å². The van der Waals surface area contributed by atoms with E-state index in [1.165, 1.54) is 0 Å². The SMILES string of the molecule is COCc1ccccc1CNC(=O)NCC(O)C(C)(C)C. The number of benzene rings is 1. The molecule has 0 fully saturated rings. The van der Waals surface area contributed by atoms with Gasteiger partial charge in [-0.15, -0.1) is 0 Å². The van der Waals surface area contributed by atoms with E-state index in [9.17, 15) is 9.90 Å². The Hall–Kier alpha value is -1.59. The number of amides is 2. The van der Waals surface area contributed by atoms with E-state index >= 15 is 0 Å². The summed E-state index contributed by atoms with van der Waals surface area (Å²) in [5.41, 5.74) is 1.82. The topological polar surface area (TPSA) is 70.6 Å². The highest BCUT2D eigenvalue weighted by molar-refractivity contribution is 5.73. The number of hydrogen-bond donors (Lipinski definition) is 3. The number of hydrogen-bond acceptors (Lipinski definition) is 3. The molecule has 0 aliphatic heterocycles. The Kier molecular flexibility index (Phi) is 6.65. The maximum atomic E-state index is 11.8. The van der Waals surface area contributed by atoms with Crippen LogP contribution < -0.4 is 10.6 Å². The molecule has 1 unspecified atom stereocenters. The van der Waals surface area contributed by atoms with E-state index < -0.39 is 6.10 Å². The molecule has 5 heteroatoms. The molecule has 0 saturated carbocycles. The van der Waals surface area contributed by atoms with Crippen LogP contribution in [-0.4, -0.2) is 30.9 Å². The summed E-state index contributed by atoms with van der Waals surface area (Å²) < 4.78 is 5.13. The average Bonchev–Trinajstić information content (AvgIpc) is 2.43. The molecule has 1 aromatic carbocycles. The summed E-state index contributed by atoms with van der Waals surface area (Å²) in [5, 5.41) is 15.3. The Morgan fingerprint density at radius 1 is 1.24 bits per heavy atom. The van der Waals surface area contributed by atoms with Gasteiger partial charge in [-0.2, -0.15) is 0 Å². The number of methoxy groups -OCH3 is 1. The van der Waals surface area contributed by atoms with Crippen LogP contribution in [0.5, 0.6) is 0 Å². The quantitative estimate of drug-likeness (QED) is 0.752. The Morgan fingerprint density at radius 3 is 2.43 bits per heavy atom. The van der Waals surface area contributed by atoms with Gasteiger partial charge in [0, 0.05) is 20.2 Å². The fraction of sp³-hybridized carbons (Fsp3) is 0.562. The third-order valence-corrected chi connectivity index (χ3v) is 3.31. The maximum Gasteiger partial charge on any atom is 0.315 e. The summed E-state index contributed by atoms with van der Waals surface area (Å²) in [5.74, 6) is 0. The summed E-state index contributed by atoms with van der Waals surface area (Å²) in [6.45, 7) is 6.96. The van der Waals surface area contributed by atoms with Gasteiger partial charge < -0.3 is 20.5 Å². The van der Waals surface area contributed by atoms with Crippen molar-refractivity contribution in [1.29, 1.82) is 0 Å². The normalized spacial score (nSPS) is 12.8. The zero-order valence-electron chi connectivity index (χ0n) is 13.3. The molecule has 1 rings (SSSR count). The highest BCUT2D eigenvalue weighted by Gasteiger charge is 2.22.